The van der Waals surface area contributed by atoms with Gasteiger partial charge in [0.25, 0.3) is 11.6 Å². The van der Waals surface area contributed by atoms with Crippen molar-refractivity contribution in [2.45, 2.75) is 26.3 Å². The van der Waals surface area contributed by atoms with Crippen molar-refractivity contribution in [2.75, 3.05) is 11.9 Å². The van der Waals surface area contributed by atoms with Crippen molar-refractivity contribution in [3.05, 3.63) is 58.6 Å². The summed E-state index contributed by atoms with van der Waals surface area (Å²) in [5.41, 5.74) is 1.31. The number of ether oxygens (including phenoxy) is 1. The number of nitro groups is 1. The number of carbonyl (C=O) groups is 1. The molecule has 1 N–H and O–H groups in total. The van der Waals surface area contributed by atoms with Gasteiger partial charge in [0.1, 0.15) is 5.75 Å². The van der Waals surface area contributed by atoms with Crippen molar-refractivity contribution >= 4 is 28.6 Å². The number of para-hydroxylation sites is 2. The SMILES string of the molecule is CC(C)(C)n1c(NC(=O)COc2cccc([N+](=O)[O-])c2)nc2ccccc21. The molecule has 0 aliphatic rings. The molecule has 0 saturated carbocycles. The Balaban J connectivity index is 1.77. The van der Waals surface area contributed by atoms with Crippen LogP contribution in [-0.4, -0.2) is 27.0 Å². The average molecular weight is 368 g/mol. The molecule has 140 valence electrons. The third-order valence-electron chi connectivity index (χ3n) is 3.88. The summed E-state index contributed by atoms with van der Waals surface area (Å²) in [6.07, 6.45) is 0. The zero-order chi connectivity index (χ0) is 19.6. The van der Waals surface area contributed by atoms with Crippen molar-refractivity contribution in [1.82, 2.24) is 9.55 Å². The van der Waals surface area contributed by atoms with E-state index in [-0.39, 0.29) is 23.6 Å². The number of nitrogens with one attached hydrogen (secondary N) is 1. The number of nitrogens with zero attached hydrogens (tertiary/aromatic N) is 3. The maximum absolute atomic E-state index is 12.3. The van der Waals surface area contributed by atoms with Gasteiger partial charge in [-0.15, -0.1) is 0 Å². The molecule has 27 heavy (non-hydrogen) atoms. The van der Waals surface area contributed by atoms with Gasteiger partial charge in [-0.25, -0.2) is 4.98 Å². The van der Waals surface area contributed by atoms with Crippen LogP contribution in [0.1, 0.15) is 20.8 Å². The van der Waals surface area contributed by atoms with Crippen molar-refractivity contribution in [2.24, 2.45) is 0 Å². The van der Waals surface area contributed by atoms with E-state index in [0.29, 0.717) is 5.95 Å². The van der Waals surface area contributed by atoms with E-state index in [1.165, 1.54) is 18.2 Å². The molecule has 0 unspecified atom stereocenters. The van der Waals surface area contributed by atoms with E-state index in [0.717, 1.165) is 11.0 Å². The molecular formula is C19H20N4O4. The average Bonchev–Trinajstić information content (AvgIpc) is 2.98. The van der Waals surface area contributed by atoms with E-state index < -0.39 is 10.8 Å². The lowest BCUT2D eigenvalue weighted by molar-refractivity contribution is -0.384. The third kappa shape index (κ3) is 4.05. The van der Waals surface area contributed by atoms with Gasteiger partial charge in [0.2, 0.25) is 5.95 Å². The maximum atomic E-state index is 12.3. The lowest BCUT2D eigenvalue weighted by Crippen LogP contribution is -2.28. The number of hydrogen-bond donors (Lipinski definition) is 1. The van der Waals surface area contributed by atoms with Crippen LogP contribution in [0.5, 0.6) is 5.75 Å². The fraction of sp³-hybridized carbons (Fsp3) is 0.263. The molecule has 0 saturated heterocycles. The summed E-state index contributed by atoms with van der Waals surface area (Å²) in [7, 11) is 0. The minimum atomic E-state index is -0.515. The Labute approximate surface area is 155 Å². The summed E-state index contributed by atoms with van der Waals surface area (Å²) in [6.45, 7) is 5.79. The molecule has 3 aromatic rings. The zero-order valence-corrected chi connectivity index (χ0v) is 15.3. The summed E-state index contributed by atoms with van der Waals surface area (Å²) in [6, 6.07) is 13.3. The summed E-state index contributed by atoms with van der Waals surface area (Å²) in [5.74, 6) is 0.280. The number of carbonyl (C=O) groups excluding carboxylic acids is 1. The van der Waals surface area contributed by atoms with Gasteiger partial charge in [0.15, 0.2) is 6.61 Å². The Hall–Kier alpha value is -3.42. The van der Waals surface area contributed by atoms with E-state index in [9.17, 15) is 14.9 Å². The van der Waals surface area contributed by atoms with Crippen molar-refractivity contribution in [1.29, 1.82) is 0 Å². The number of hydrogen-bond acceptors (Lipinski definition) is 5. The molecule has 0 aliphatic heterocycles. The third-order valence-corrected chi connectivity index (χ3v) is 3.88. The standard InChI is InChI=1S/C19H20N4O4/c1-19(2,3)22-16-10-5-4-9-15(16)20-18(22)21-17(24)12-27-14-8-6-7-13(11-14)23(25)26/h4-11H,12H2,1-3H3,(H,20,21,24). The van der Waals surface area contributed by atoms with Gasteiger partial charge in [-0.3, -0.25) is 20.2 Å². The summed E-state index contributed by atoms with van der Waals surface area (Å²) in [5, 5.41) is 13.6. The van der Waals surface area contributed by atoms with Gasteiger partial charge in [0.05, 0.1) is 22.0 Å². The van der Waals surface area contributed by atoms with Gasteiger partial charge in [-0.2, -0.15) is 0 Å². The van der Waals surface area contributed by atoms with Crippen LogP contribution in [-0.2, 0) is 10.3 Å². The first-order valence-corrected chi connectivity index (χ1v) is 8.41. The molecule has 0 aliphatic carbocycles. The van der Waals surface area contributed by atoms with Gasteiger partial charge in [-0.05, 0) is 39.0 Å². The molecule has 1 amide bonds. The number of amides is 1. The first-order valence-electron chi connectivity index (χ1n) is 8.41. The first-order chi connectivity index (χ1) is 12.8. The fourth-order valence-electron chi connectivity index (χ4n) is 2.79. The van der Waals surface area contributed by atoms with Gasteiger partial charge in [0, 0.05) is 11.6 Å². The molecule has 0 radical (unpaired) electrons. The summed E-state index contributed by atoms with van der Waals surface area (Å²) in [4.78, 5) is 27.1. The lowest BCUT2D eigenvalue weighted by atomic mass is 10.1. The van der Waals surface area contributed by atoms with Gasteiger partial charge in [-0.1, -0.05) is 18.2 Å². The Kier molecular flexibility index (Phi) is 4.81. The zero-order valence-electron chi connectivity index (χ0n) is 15.3. The second-order valence-corrected chi connectivity index (χ2v) is 7.02. The van der Waals surface area contributed by atoms with Crippen LogP contribution in [0.4, 0.5) is 11.6 Å². The van der Waals surface area contributed by atoms with Gasteiger partial charge >= 0.3 is 0 Å². The second-order valence-electron chi connectivity index (χ2n) is 7.02. The van der Waals surface area contributed by atoms with Crippen LogP contribution >= 0.6 is 0 Å². The lowest BCUT2D eigenvalue weighted by Gasteiger charge is -2.24. The molecule has 3 rings (SSSR count). The van der Waals surface area contributed by atoms with Crippen molar-refractivity contribution in [3.63, 3.8) is 0 Å². The molecule has 1 heterocycles. The number of imidazole rings is 1. The van der Waals surface area contributed by atoms with Crippen molar-refractivity contribution < 1.29 is 14.5 Å². The number of non-ortho nitro benzene ring substituents is 1. The maximum Gasteiger partial charge on any atom is 0.273 e. The molecule has 8 nitrogen and oxygen atoms in total. The molecule has 0 spiro atoms. The monoisotopic (exact) mass is 368 g/mol. The predicted molar refractivity (Wildman–Crippen MR) is 102 cm³/mol. The molecule has 0 fully saturated rings. The number of rotatable bonds is 5. The molecular weight excluding hydrogens is 348 g/mol. The fourth-order valence-corrected chi connectivity index (χ4v) is 2.79. The number of aromatic nitrogens is 2. The molecule has 0 bridgehead atoms. The topological polar surface area (TPSA) is 99.3 Å². The Morgan fingerprint density at radius 2 is 1.96 bits per heavy atom. The molecule has 8 heteroatoms. The smallest absolute Gasteiger partial charge is 0.273 e. The van der Waals surface area contributed by atoms with E-state index in [4.69, 9.17) is 4.74 Å². The number of fused-ring (bicyclic) bond motifs is 1. The first kappa shape index (κ1) is 18.4. The highest BCUT2D eigenvalue weighted by Gasteiger charge is 2.22. The van der Waals surface area contributed by atoms with Gasteiger partial charge < -0.3 is 9.30 Å². The Bertz CT molecular complexity index is 1000. The normalized spacial score (nSPS) is 11.4. The minimum Gasteiger partial charge on any atom is -0.484 e. The van der Waals surface area contributed by atoms with E-state index in [2.05, 4.69) is 10.3 Å². The van der Waals surface area contributed by atoms with E-state index >= 15 is 0 Å². The van der Waals surface area contributed by atoms with Crippen LogP contribution in [0.2, 0.25) is 0 Å². The highest BCUT2D eigenvalue weighted by atomic mass is 16.6. The highest BCUT2D eigenvalue weighted by Crippen LogP contribution is 2.28. The highest BCUT2D eigenvalue weighted by molar-refractivity contribution is 5.92. The van der Waals surface area contributed by atoms with Crippen LogP contribution in [0.25, 0.3) is 11.0 Å². The molecule has 2 aromatic carbocycles. The van der Waals surface area contributed by atoms with Crippen LogP contribution in [0.3, 0.4) is 0 Å². The number of nitro benzene ring substituents is 1. The Morgan fingerprint density at radius 3 is 2.67 bits per heavy atom. The summed E-state index contributed by atoms with van der Waals surface area (Å²) >= 11 is 0. The molecule has 1 aromatic heterocycles. The number of anilines is 1. The number of benzene rings is 2. The molecule has 0 atom stereocenters. The quantitative estimate of drug-likeness (QED) is 0.546. The minimum absolute atomic E-state index is 0.0950. The Morgan fingerprint density at radius 1 is 1.22 bits per heavy atom. The van der Waals surface area contributed by atoms with Crippen molar-refractivity contribution in [3.8, 4) is 5.75 Å². The van der Waals surface area contributed by atoms with Crippen LogP contribution < -0.4 is 10.1 Å². The second kappa shape index (κ2) is 7.06. The van der Waals surface area contributed by atoms with E-state index in [1.54, 1.807) is 6.07 Å². The summed E-state index contributed by atoms with van der Waals surface area (Å²) < 4.78 is 7.33. The van der Waals surface area contributed by atoms with E-state index in [1.807, 2.05) is 49.6 Å². The predicted octanol–water partition coefficient (Wildman–Crippen LogP) is 3.72. The van der Waals surface area contributed by atoms with Crippen LogP contribution in [0, 0.1) is 10.1 Å². The largest absolute Gasteiger partial charge is 0.484 e. The van der Waals surface area contributed by atoms with Crippen LogP contribution in [0.15, 0.2) is 48.5 Å².